The van der Waals surface area contributed by atoms with Gasteiger partial charge < -0.3 is 15.8 Å². The molecule has 4 heteroatoms. The minimum absolute atomic E-state index is 0.500. The number of amides is 2. The van der Waals surface area contributed by atoms with Crippen LogP contribution in [0.5, 0.6) is 5.75 Å². The first kappa shape index (κ1) is 10.4. The second-order valence-corrected chi connectivity index (χ2v) is 2.85. The highest BCUT2D eigenvalue weighted by atomic mass is 16.5. The number of nitrogens with two attached hydrogens (primary N) is 1. The van der Waals surface area contributed by atoms with Gasteiger partial charge in [0.2, 0.25) is 0 Å². The maximum Gasteiger partial charge on any atom is 0.312 e. The standard InChI is InChI=1S/C10H14N2O2/c1-14-9-5-3-2-4-8(9)6-7-12-10(11)13/h2-5H,6-7H2,1H3,(H3,11,12,13). The van der Waals surface area contributed by atoms with E-state index in [1.165, 1.54) is 0 Å². The third-order valence-corrected chi connectivity index (χ3v) is 1.89. The summed E-state index contributed by atoms with van der Waals surface area (Å²) in [6.07, 6.45) is 0.715. The number of urea groups is 1. The van der Waals surface area contributed by atoms with E-state index in [0.717, 1.165) is 11.3 Å². The summed E-state index contributed by atoms with van der Waals surface area (Å²) in [7, 11) is 1.63. The van der Waals surface area contributed by atoms with Crippen molar-refractivity contribution in [1.82, 2.24) is 5.32 Å². The third-order valence-electron chi connectivity index (χ3n) is 1.89. The molecule has 0 atom stereocenters. The van der Waals surface area contributed by atoms with Crippen molar-refractivity contribution in [3.8, 4) is 5.75 Å². The summed E-state index contributed by atoms with van der Waals surface area (Å²) >= 11 is 0. The second-order valence-electron chi connectivity index (χ2n) is 2.85. The lowest BCUT2D eigenvalue weighted by atomic mass is 10.1. The van der Waals surface area contributed by atoms with Crippen molar-refractivity contribution in [3.05, 3.63) is 29.8 Å². The molecule has 0 aliphatic heterocycles. The van der Waals surface area contributed by atoms with Gasteiger partial charge >= 0.3 is 6.03 Å². The third kappa shape index (κ3) is 2.97. The molecule has 0 aromatic heterocycles. The lowest BCUT2D eigenvalue weighted by Crippen LogP contribution is -2.30. The van der Waals surface area contributed by atoms with Crippen LogP contribution in [0.1, 0.15) is 5.56 Å². The molecule has 0 heterocycles. The summed E-state index contributed by atoms with van der Waals surface area (Å²) in [4.78, 5) is 10.4. The van der Waals surface area contributed by atoms with Crippen molar-refractivity contribution >= 4 is 6.03 Å². The zero-order valence-electron chi connectivity index (χ0n) is 8.12. The van der Waals surface area contributed by atoms with Crippen molar-refractivity contribution in [2.24, 2.45) is 5.73 Å². The molecular formula is C10H14N2O2. The molecule has 3 N–H and O–H groups in total. The number of hydrogen-bond acceptors (Lipinski definition) is 2. The Balaban J connectivity index is 2.53. The second kappa shape index (κ2) is 5.11. The molecule has 0 bridgehead atoms. The molecule has 14 heavy (non-hydrogen) atoms. The summed E-state index contributed by atoms with van der Waals surface area (Å²) in [6, 6.07) is 7.19. The fourth-order valence-corrected chi connectivity index (χ4v) is 1.23. The topological polar surface area (TPSA) is 64.3 Å². The molecule has 4 nitrogen and oxygen atoms in total. The predicted octanol–water partition coefficient (Wildman–Crippen LogP) is 0.906. The molecule has 1 rings (SSSR count). The number of rotatable bonds is 4. The molecule has 0 spiro atoms. The highest BCUT2D eigenvalue weighted by Crippen LogP contribution is 2.16. The summed E-state index contributed by atoms with van der Waals surface area (Å²) in [5.74, 6) is 0.832. The Morgan fingerprint density at radius 2 is 2.21 bits per heavy atom. The van der Waals surface area contributed by atoms with Gasteiger partial charge in [0, 0.05) is 6.54 Å². The molecule has 0 radical (unpaired) electrons. The van der Waals surface area contributed by atoms with E-state index in [-0.39, 0.29) is 0 Å². The summed E-state index contributed by atoms with van der Waals surface area (Å²) < 4.78 is 5.16. The van der Waals surface area contributed by atoms with Gasteiger partial charge in [-0.05, 0) is 18.1 Å². The van der Waals surface area contributed by atoms with Crippen molar-refractivity contribution < 1.29 is 9.53 Å². The zero-order chi connectivity index (χ0) is 10.4. The summed E-state index contributed by atoms with van der Waals surface area (Å²) in [6.45, 7) is 0.524. The monoisotopic (exact) mass is 194 g/mol. The molecule has 0 saturated heterocycles. The normalized spacial score (nSPS) is 9.50. The molecule has 1 aromatic carbocycles. The van der Waals surface area contributed by atoms with Crippen molar-refractivity contribution in [2.75, 3.05) is 13.7 Å². The SMILES string of the molecule is COc1ccccc1CCNC(N)=O. The van der Waals surface area contributed by atoms with Gasteiger partial charge in [0.1, 0.15) is 5.75 Å². The summed E-state index contributed by atoms with van der Waals surface area (Å²) in [5.41, 5.74) is 6.00. The quantitative estimate of drug-likeness (QED) is 0.748. The van der Waals surface area contributed by atoms with Crippen LogP contribution in [0.15, 0.2) is 24.3 Å². The maximum absolute atomic E-state index is 10.4. The van der Waals surface area contributed by atoms with E-state index in [2.05, 4.69) is 5.32 Å². The number of primary amides is 1. The first-order valence-corrected chi connectivity index (χ1v) is 4.39. The Morgan fingerprint density at radius 1 is 1.50 bits per heavy atom. The first-order chi connectivity index (χ1) is 6.74. The Bertz CT molecular complexity index is 313. The minimum Gasteiger partial charge on any atom is -0.496 e. The average molecular weight is 194 g/mol. The molecule has 0 aliphatic carbocycles. The van der Waals surface area contributed by atoms with E-state index in [4.69, 9.17) is 10.5 Å². The Hall–Kier alpha value is -1.71. The van der Waals surface area contributed by atoms with Crippen LogP contribution in [-0.4, -0.2) is 19.7 Å². The van der Waals surface area contributed by atoms with Crippen molar-refractivity contribution in [2.45, 2.75) is 6.42 Å². The number of para-hydroxylation sites is 1. The molecule has 0 fully saturated rings. The molecule has 76 valence electrons. The molecule has 2 amide bonds. The zero-order valence-corrected chi connectivity index (χ0v) is 8.12. The van der Waals surface area contributed by atoms with Crippen molar-refractivity contribution in [1.29, 1.82) is 0 Å². The van der Waals surface area contributed by atoms with E-state index < -0.39 is 6.03 Å². The van der Waals surface area contributed by atoms with Gasteiger partial charge in [-0.25, -0.2) is 4.79 Å². The van der Waals surface area contributed by atoms with Gasteiger partial charge in [0.05, 0.1) is 7.11 Å². The lowest BCUT2D eigenvalue weighted by Gasteiger charge is -2.07. The van der Waals surface area contributed by atoms with Crippen LogP contribution in [-0.2, 0) is 6.42 Å². The van der Waals surface area contributed by atoms with Crippen LogP contribution < -0.4 is 15.8 Å². The van der Waals surface area contributed by atoms with Crippen LogP contribution in [0.4, 0.5) is 4.79 Å². The summed E-state index contributed by atoms with van der Waals surface area (Å²) in [5, 5.41) is 2.53. The van der Waals surface area contributed by atoms with Crippen LogP contribution in [0, 0.1) is 0 Å². The average Bonchev–Trinajstić information content (AvgIpc) is 2.18. The van der Waals surface area contributed by atoms with E-state index >= 15 is 0 Å². The first-order valence-electron chi connectivity index (χ1n) is 4.39. The van der Waals surface area contributed by atoms with Crippen LogP contribution >= 0.6 is 0 Å². The fraction of sp³-hybridized carbons (Fsp3) is 0.300. The highest BCUT2D eigenvalue weighted by Gasteiger charge is 2.00. The number of hydrogen-bond donors (Lipinski definition) is 2. The maximum atomic E-state index is 10.4. The van der Waals surface area contributed by atoms with Gasteiger partial charge in [-0.15, -0.1) is 0 Å². The molecule has 0 aliphatic rings. The Morgan fingerprint density at radius 3 is 2.86 bits per heavy atom. The van der Waals surface area contributed by atoms with E-state index in [1.54, 1.807) is 7.11 Å². The van der Waals surface area contributed by atoms with Crippen LogP contribution in [0.3, 0.4) is 0 Å². The van der Waals surface area contributed by atoms with E-state index in [1.807, 2.05) is 24.3 Å². The predicted molar refractivity (Wildman–Crippen MR) is 54.3 cm³/mol. The Labute approximate surface area is 83.1 Å². The largest absolute Gasteiger partial charge is 0.496 e. The van der Waals surface area contributed by atoms with Gasteiger partial charge in [-0.3, -0.25) is 0 Å². The minimum atomic E-state index is -0.500. The number of methoxy groups -OCH3 is 1. The van der Waals surface area contributed by atoms with Crippen LogP contribution in [0.25, 0.3) is 0 Å². The number of carbonyl (C=O) groups is 1. The number of carbonyl (C=O) groups excluding carboxylic acids is 1. The molecule has 0 unspecified atom stereocenters. The Kier molecular flexibility index (Phi) is 3.79. The van der Waals surface area contributed by atoms with Gasteiger partial charge in [0.25, 0.3) is 0 Å². The highest BCUT2D eigenvalue weighted by molar-refractivity contribution is 5.71. The van der Waals surface area contributed by atoms with Crippen LogP contribution in [0.2, 0.25) is 0 Å². The lowest BCUT2D eigenvalue weighted by molar-refractivity contribution is 0.249. The molecule has 1 aromatic rings. The molecular weight excluding hydrogens is 180 g/mol. The fourth-order valence-electron chi connectivity index (χ4n) is 1.23. The van der Waals surface area contributed by atoms with Gasteiger partial charge in [0.15, 0.2) is 0 Å². The van der Waals surface area contributed by atoms with Gasteiger partial charge in [-0.2, -0.15) is 0 Å². The van der Waals surface area contributed by atoms with Crippen molar-refractivity contribution in [3.63, 3.8) is 0 Å². The molecule has 0 saturated carbocycles. The van der Waals surface area contributed by atoms with E-state index in [9.17, 15) is 4.79 Å². The number of nitrogens with one attached hydrogen (secondary N) is 1. The van der Waals surface area contributed by atoms with E-state index in [0.29, 0.717) is 13.0 Å². The number of benzene rings is 1. The smallest absolute Gasteiger partial charge is 0.312 e. The number of ether oxygens (including phenoxy) is 1. The van der Waals surface area contributed by atoms with Gasteiger partial charge in [-0.1, -0.05) is 18.2 Å².